The van der Waals surface area contributed by atoms with E-state index in [1.807, 2.05) is 18.2 Å². The van der Waals surface area contributed by atoms with E-state index in [0.717, 1.165) is 37.7 Å². The molecule has 2 fully saturated rings. The maximum Gasteiger partial charge on any atom is 0.435 e. The Morgan fingerprint density at radius 3 is 2.33 bits per heavy atom. The van der Waals surface area contributed by atoms with Gasteiger partial charge in [-0.05, 0) is 58.1 Å². The summed E-state index contributed by atoms with van der Waals surface area (Å²) in [6, 6.07) is 8.39. The van der Waals surface area contributed by atoms with Gasteiger partial charge in [0.05, 0.1) is 24.2 Å². The maximum absolute atomic E-state index is 13.9. The summed E-state index contributed by atoms with van der Waals surface area (Å²) in [5, 5.41) is 2.33. The number of aromatic nitrogens is 2. The zero-order valence-electron chi connectivity index (χ0n) is 23.8. The lowest BCUT2D eigenvalue weighted by atomic mass is 9.88. The van der Waals surface area contributed by atoms with E-state index in [1.165, 1.54) is 44.9 Å². The van der Waals surface area contributed by atoms with Crippen molar-refractivity contribution in [1.29, 1.82) is 0 Å². The fourth-order valence-electron chi connectivity index (χ4n) is 6.43. The molecule has 1 amide bonds. The highest BCUT2D eigenvalue weighted by atomic mass is 31.2. The van der Waals surface area contributed by atoms with E-state index in [2.05, 4.69) is 21.9 Å². The lowest BCUT2D eigenvalue weighted by molar-refractivity contribution is 0.0522. The highest BCUT2D eigenvalue weighted by Crippen LogP contribution is 2.43. The molecule has 4 rings (SSSR count). The predicted octanol–water partition coefficient (Wildman–Crippen LogP) is 6.23. The lowest BCUT2D eigenvalue weighted by Gasteiger charge is -2.45. The molecule has 1 aromatic heterocycles. The van der Waals surface area contributed by atoms with Crippen LogP contribution in [0.25, 0.3) is 11.0 Å². The van der Waals surface area contributed by atoms with Crippen LogP contribution >= 0.6 is 7.75 Å². The number of nitrogens with one attached hydrogen (secondary N) is 1. The van der Waals surface area contributed by atoms with Crippen LogP contribution in [0.3, 0.4) is 0 Å². The zero-order chi connectivity index (χ0) is 27.8. The van der Waals surface area contributed by atoms with Crippen molar-refractivity contribution in [3.8, 4) is 0 Å². The first-order valence-electron chi connectivity index (χ1n) is 14.9. The van der Waals surface area contributed by atoms with E-state index < -0.39 is 19.2 Å². The van der Waals surface area contributed by atoms with Crippen LogP contribution in [0.2, 0.25) is 0 Å². The highest BCUT2D eigenvalue weighted by Gasteiger charge is 2.35. The molecular weight excluding hydrogens is 515 g/mol. The molecule has 1 aromatic carbocycles. The molecule has 0 unspecified atom stereocenters. The average molecular weight is 561 g/mol. The van der Waals surface area contributed by atoms with Gasteiger partial charge in [0.1, 0.15) is 0 Å². The third-order valence-electron chi connectivity index (χ3n) is 8.11. The Morgan fingerprint density at radius 1 is 1.00 bits per heavy atom. The summed E-state index contributed by atoms with van der Waals surface area (Å²) < 4.78 is 25.2. The number of rotatable bonds is 10. The summed E-state index contributed by atoms with van der Waals surface area (Å²) in [6.45, 7) is 6.67. The van der Waals surface area contributed by atoms with Crippen LogP contribution in [-0.4, -0.2) is 52.2 Å². The van der Waals surface area contributed by atoms with Gasteiger partial charge in [0.25, 0.3) is 11.5 Å². The molecule has 216 valence electrons. The van der Waals surface area contributed by atoms with Crippen LogP contribution in [0.1, 0.15) is 108 Å². The normalized spacial score (nSPS) is 21.9. The number of likely N-dealkylation sites (tertiary alicyclic amines) is 1. The molecule has 1 aliphatic heterocycles. The van der Waals surface area contributed by atoms with E-state index in [4.69, 9.17) is 9.05 Å². The summed E-state index contributed by atoms with van der Waals surface area (Å²) in [5.74, 6) is -0.846. The monoisotopic (exact) mass is 560 g/mol. The average Bonchev–Trinajstić information content (AvgIpc) is 2.89. The van der Waals surface area contributed by atoms with E-state index in [9.17, 15) is 14.2 Å². The number of nitrogens with zero attached hydrogens (tertiary/aromatic N) is 3. The molecule has 2 atom stereocenters. The van der Waals surface area contributed by atoms with Gasteiger partial charge in [0.2, 0.25) is 0 Å². The van der Waals surface area contributed by atoms with Gasteiger partial charge < -0.3 is 4.57 Å². The second-order valence-corrected chi connectivity index (χ2v) is 12.5. The van der Waals surface area contributed by atoms with Gasteiger partial charge in [0, 0.05) is 24.7 Å². The van der Waals surface area contributed by atoms with Gasteiger partial charge >= 0.3 is 7.75 Å². The zero-order valence-corrected chi connectivity index (χ0v) is 24.7. The second-order valence-electron chi connectivity index (χ2n) is 10.8. The van der Waals surface area contributed by atoms with Gasteiger partial charge in [0.15, 0.2) is 5.69 Å². The summed E-state index contributed by atoms with van der Waals surface area (Å²) in [7, 11) is -3.91. The molecule has 0 radical (unpaired) electrons. The summed E-state index contributed by atoms with van der Waals surface area (Å²) >= 11 is 0. The van der Waals surface area contributed by atoms with Crippen molar-refractivity contribution in [2.24, 2.45) is 0 Å². The van der Waals surface area contributed by atoms with Crippen LogP contribution in [0.4, 0.5) is 0 Å². The number of amides is 1. The van der Waals surface area contributed by atoms with Crippen LogP contribution in [-0.2, 0) is 13.6 Å². The SMILES string of the molecule is CCC[C@@H]1C[C@H](n2c(=O)c(C(=O)NP(=O)(OCC)OCC)nc3ccccc32)CCN1C1CCCCCCC1. The van der Waals surface area contributed by atoms with Crippen LogP contribution in [0.5, 0.6) is 0 Å². The quantitative estimate of drug-likeness (QED) is 0.344. The fourth-order valence-corrected chi connectivity index (χ4v) is 7.67. The molecule has 2 heterocycles. The largest absolute Gasteiger partial charge is 0.435 e. The van der Waals surface area contributed by atoms with Crippen molar-refractivity contribution in [2.45, 2.75) is 110 Å². The molecule has 1 N–H and O–H groups in total. The molecule has 1 aliphatic carbocycles. The Labute approximate surface area is 232 Å². The Bertz CT molecular complexity index is 1200. The Kier molecular flexibility index (Phi) is 10.8. The first-order chi connectivity index (χ1) is 18.9. The second kappa shape index (κ2) is 14.0. The van der Waals surface area contributed by atoms with E-state index in [-0.39, 0.29) is 24.9 Å². The van der Waals surface area contributed by atoms with Crippen molar-refractivity contribution in [3.63, 3.8) is 0 Å². The van der Waals surface area contributed by atoms with Gasteiger partial charge in [-0.3, -0.25) is 28.6 Å². The van der Waals surface area contributed by atoms with E-state index in [1.54, 1.807) is 24.5 Å². The number of carbonyl (C=O) groups excluding carboxylic acids is 1. The maximum atomic E-state index is 13.9. The smallest absolute Gasteiger partial charge is 0.302 e. The molecule has 10 heteroatoms. The van der Waals surface area contributed by atoms with Gasteiger partial charge in [-0.2, -0.15) is 0 Å². The number of fused-ring (bicyclic) bond motifs is 1. The van der Waals surface area contributed by atoms with Gasteiger partial charge in [-0.25, -0.2) is 9.55 Å². The molecule has 2 aliphatic rings. The molecule has 9 nitrogen and oxygen atoms in total. The van der Waals surface area contributed by atoms with Crippen LogP contribution in [0.15, 0.2) is 29.1 Å². The third-order valence-corrected chi connectivity index (χ3v) is 9.78. The molecule has 0 bridgehead atoms. The van der Waals surface area contributed by atoms with E-state index in [0.29, 0.717) is 17.6 Å². The minimum absolute atomic E-state index is 0.0519. The van der Waals surface area contributed by atoms with Crippen molar-refractivity contribution >= 4 is 24.7 Å². The molecule has 39 heavy (non-hydrogen) atoms. The van der Waals surface area contributed by atoms with Gasteiger partial charge in [-0.1, -0.05) is 57.6 Å². The predicted molar refractivity (Wildman–Crippen MR) is 154 cm³/mol. The van der Waals surface area contributed by atoms with Crippen molar-refractivity contribution < 1.29 is 18.4 Å². The molecule has 0 spiro atoms. The number of carbonyl (C=O) groups is 1. The van der Waals surface area contributed by atoms with Crippen molar-refractivity contribution in [1.82, 2.24) is 19.5 Å². The number of hydrogen-bond donors (Lipinski definition) is 1. The highest BCUT2D eigenvalue weighted by molar-refractivity contribution is 7.52. The third kappa shape index (κ3) is 7.18. The number of benzene rings is 1. The topological polar surface area (TPSA) is 103 Å². The summed E-state index contributed by atoms with van der Waals surface area (Å²) in [4.78, 5) is 34.3. The molecule has 1 saturated heterocycles. The standard InChI is InChI=1S/C29H45N4O5P/c1-4-14-23-21-24(19-20-32(23)22-15-10-8-7-9-11-16-22)33-26-18-13-12-17-25(26)30-27(29(33)35)28(34)31-39(36,37-5-2)38-6-3/h12-13,17-18,22-24H,4-11,14-16,19-21H2,1-3H3,(H,31,34,36)/t23-,24-/m1/s1. The van der Waals surface area contributed by atoms with Gasteiger partial charge in [-0.15, -0.1) is 0 Å². The van der Waals surface area contributed by atoms with Crippen molar-refractivity contribution in [2.75, 3.05) is 19.8 Å². The first kappa shape index (κ1) is 29.9. The van der Waals surface area contributed by atoms with Crippen LogP contribution in [0, 0.1) is 0 Å². The Balaban J connectivity index is 1.66. The number of hydrogen-bond acceptors (Lipinski definition) is 7. The van der Waals surface area contributed by atoms with Crippen LogP contribution < -0.4 is 10.6 Å². The number of piperidine rings is 1. The molecule has 2 aromatic rings. The van der Waals surface area contributed by atoms with Crippen molar-refractivity contribution in [3.05, 3.63) is 40.3 Å². The number of para-hydroxylation sites is 2. The minimum Gasteiger partial charge on any atom is -0.302 e. The molecular formula is C29H45N4O5P. The lowest BCUT2D eigenvalue weighted by Crippen LogP contribution is -2.50. The first-order valence-corrected chi connectivity index (χ1v) is 16.4. The Hall–Kier alpha value is -2.06. The fraction of sp³-hybridized carbons (Fsp3) is 0.690. The minimum atomic E-state index is -3.91. The summed E-state index contributed by atoms with van der Waals surface area (Å²) in [6.07, 6.45) is 13.0. The van der Waals surface area contributed by atoms with E-state index >= 15 is 0 Å². The molecule has 1 saturated carbocycles. The Morgan fingerprint density at radius 2 is 1.67 bits per heavy atom. The summed E-state index contributed by atoms with van der Waals surface area (Å²) in [5.41, 5.74) is 0.518.